The predicted octanol–water partition coefficient (Wildman–Crippen LogP) is 8.89. The van der Waals surface area contributed by atoms with E-state index in [1.165, 1.54) is 5.38 Å². The van der Waals surface area contributed by atoms with Crippen molar-refractivity contribution < 1.29 is 44.7 Å². The highest BCUT2D eigenvalue weighted by Gasteiger charge is 2.59. The number of carbonyl (C=O) groups excluding carboxylic acids is 2. The Kier molecular flexibility index (Phi) is 8.35. The molecular weight excluding hydrogens is 627 g/mol. The molecule has 214 valence electrons. The summed E-state index contributed by atoms with van der Waals surface area (Å²) in [4.78, 5) is 25.1. The first-order valence-corrected chi connectivity index (χ1v) is 12.7. The van der Waals surface area contributed by atoms with Crippen molar-refractivity contribution in [2.45, 2.75) is 11.8 Å². The minimum absolute atomic E-state index is 0.235. The van der Waals surface area contributed by atoms with Crippen LogP contribution in [-0.4, -0.2) is 18.0 Å². The Labute approximate surface area is 239 Å². The van der Waals surface area contributed by atoms with Crippen molar-refractivity contribution in [2.24, 2.45) is 0 Å². The second-order valence-electron chi connectivity index (χ2n) is 8.30. The Morgan fingerprint density at radius 2 is 1.39 bits per heavy atom. The molecule has 1 heterocycles. The lowest BCUT2D eigenvalue weighted by atomic mass is 9.89. The minimum Gasteiger partial charge on any atom is -0.319 e. The Morgan fingerprint density at radius 1 is 0.780 bits per heavy atom. The molecule has 4 rings (SSSR count). The number of anilines is 2. The van der Waals surface area contributed by atoms with E-state index in [4.69, 9.17) is 23.2 Å². The van der Waals surface area contributed by atoms with E-state index in [0.717, 1.165) is 41.0 Å². The van der Waals surface area contributed by atoms with Gasteiger partial charge in [-0.25, -0.2) is 22.0 Å². The van der Waals surface area contributed by atoms with Crippen molar-refractivity contribution in [3.05, 3.63) is 115 Å². The van der Waals surface area contributed by atoms with E-state index in [-0.39, 0.29) is 12.1 Å². The van der Waals surface area contributed by atoms with Crippen molar-refractivity contribution in [1.29, 1.82) is 0 Å². The maximum absolute atomic E-state index is 15.5. The molecule has 0 saturated carbocycles. The first kappa shape index (κ1) is 30.3. The summed E-state index contributed by atoms with van der Waals surface area (Å²) in [5.74, 6) is -8.57. The highest BCUT2D eigenvalue weighted by Crippen LogP contribution is 2.50. The van der Waals surface area contributed by atoms with E-state index >= 15 is 8.78 Å². The summed E-state index contributed by atoms with van der Waals surface area (Å²) in [6.07, 6.45) is -5.42. The number of benzene rings is 3. The Balaban J connectivity index is 1.63. The quantitative estimate of drug-likeness (QED) is 0.207. The van der Waals surface area contributed by atoms with Crippen LogP contribution in [0.15, 0.2) is 59.3 Å². The van der Waals surface area contributed by atoms with Gasteiger partial charge in [0.2, 0.25) is 0 Å². The van der Waals surface area contributed by atoms with E-state index < -0.39 is 90.6 Å². The predicted molar refractivity (Wildman–Crippen MR) is 137 cm³/mol. The van der Waals surface area contributed by atoms with Crippen LogP contribution in [0.5, 0.6) is 0 Å². The molecule has 4 aromatic rings. The summed E-state index contributed by atoms with van der Waals surface area (Å²) >= 11 is 12.9. The van der Waals surface area contributed by atoms with Gasteiger partial charge >= 0.3 is 6.18 Å². The van der Waals surface area contributed by atoms with Crippen LogP contribution in [0.4, 0.5) is 46.5 Å². The van der Waals surface area contributed by atoms with Crippen LogP contribution >= 0.6 is 34.5 Å². The SMILES string of the molecule is O=C(Nc1c(Cl)cc(C(F)(c2ccsc2)C(F)(F)F)cc1Cl)c1cccc(NC(=O)c2c(F)cc(F)cc2F)c1F. The van der Waals surface area contributed by atoms with Crippen LogP contribution in [0.25, 0.3) is 0 Å². The number of rotatable bonds is 6. The summed E-state index contributed by atoms with van der Waals surface area (Å²) in [6, 6.07) is 5.57. The van der Waals surface area contributed by atoms with Crippen LogP contribution < -0.4 is 10.6 Å². The summed E-state index contributed by atoms with van der Waals surface area (Å²) < 4.78 is 113. The summed E-state index contributed by atoms with van der Waals surface area (Å²) in [6.45, 7) is 0. The average Bonchev–Trinajstić information content (AvgIpc) is 3.41. The minimum atomic E-state index is -5.42. The zero-order chi connectivity index (χ0) is 30.3. The van der Waals surface area contributed by atoms with Gasteiger partial charge in [0, 0.05) is 23.3 Å². The third-order valence-corrected chi connectivity index (χ3v) is 6.99. The third kappa shape index (κ3) is 5.74. The number of nitrogens with one attached hydrogen (secondary N) is 2. The standard InChI is InChI=1S/C26H12Cl2F8N2O2S/c27-15-6-12(25(33,26(34,35)36)11-4-5-41-10-11)7-16(28)22(15)38-23(39)14-2-1-3-19(21(14)32)37-24(40)20-17(30)8-13(29)9-18(20)31/h1-10H,(H,37,40)(H,38,39). The zero-order valence-electron chi connectivity index (χ0n) is 19.8. The largest absolute Gasteiger partial charge is 0.431 e. The van der Waals surface area contributed by atoms with Crippen molar-refractivity contribution in [2.75, 3.05) is 10.6 Å². The number of carbonyl (C=O) groups is 2. The fraction of sp³-hybridized carbons (Fsp3) is 0.0769. The average molecular weight is 639 g/mol. The van der Waals surface area contributed by atoms with Crippen molar-refractivity contribution in [3.8, 4) is 0 Å². The van der Waals surface area contributed by atoms with Gasteiger partial charge < -0.3 is 10.6 Å². The fourth-order valence-electron chi connectivity index (χ4n) is 3.77. The number of thiophene rings is 1. The van der Waals surface area contributed by atoms with Crippen LogP contribution in [-0.2, 0) is 5.67 Å². The topological polar surface area (TPSA) is 58.2 Å². The highest BCUT2D eigenvalue weighted by molar-refractivity contribution is 7.08. The zero-order valence-corrected chi connectivity index (χ0v) is 22.1. The molecule has 0 fully saturated rings. The number of hydrogen-bond donors (Lipinski definition) is 2. The van der Waals surface area contributed by atoms with E-state index in [1.54, 1.807) is 0 Å². The number of halogens is 10. The number of hydrogen-bond acceptors (Lipinski definition) is 3. The summed E-state index contributed by atoms with van der Waals surface area (Å²) in [5.41, 5.74) is -8.86. The van der Waals surface area contributed by atoms with Gasteiger partial charge in [-0.15, -0.1) is 0 Å². The van der Waals surface area contributed by atoms with Gasteiger partial charge in [-0.2, -0.15) is 24.5 Å². The maximum Gasteiger partial charge on any atom is 0.431 e. The van der Waals surface area contributed by atoms with Gasteiger partial charge in [0.05, 0.1) is 27.0 Å². The van der Waals surface area contributed by atoms with Crippen LogP contribution in [0.2, 0.25) is 10.0 Å². The van der Waals surface area contributed by atoms with Gasteiger partial charge in [-0.1, -0.05) is 29.3 Å². The van der Waals surface area contributed by atoms with Crippen LogP contribution in [0, 0.1) is 23.3 Å². The Hall–Kier alpha value is -3.68. The lowest BCUT2D eigenvalue weighted by Gasteiger charge is -2.28. The van der Waals surface area contributed by atoms with E-state index in [2.05, 4.69) is 5.32 Å². The van der Waals surface area contributed by atoms with Crippen molar-refractivity contribution >= 4 is 57.7 Å². The van der Waals surface area contributed by atoms with Crippen molar-refractivity contribution in [1.82, 2.24) is 0 Å². The maximum atomic E-state index is 15.5. The molecule has 0 aliphatic carbocycles. The lowest BCUT2D eigenvalue weighted by molar-refractivity contribution is -0.219. The molecule has 0 spiro atoms. The van der Waals surface area contributed by atoms with Crippen LogP contribution in [0.3, 0.4) is 0 Å². The van der Waals surface area contributed by atoms with E-state index in [9.17, 15) is 35.9 Å². The summed E-state index contributed by atoms with van der Waals surface area (Å²) in [7, 11) is 0. The van der Waals surface area contributed by atoms with Gasteiger partial charge in [0.25, 0.3) is 17.5 Å². The molecule has 0 bridgehead atoms. The Morgan fingerprint density at radius 3 is 1.93 bits per heavy atom. The summed E-state index contributed by atoms with van der Waals surface area (Å²) in [5, 5.41) is 4.94. The van der Waals surface area contributed by atoms with E-state index in [1.807, 2.05) is 5.32 Å². The molecule has 41 heavy (non-hydrogen) atoms. The molecule has 0 saturated heterocycles. The molecule has 2 amide bonds. The molecule has 2 N–H and O–H groups in total. The lowest BCUT2D eigenvalue weighted by Crippen LogP contribution is -2.39. The highest BCUT2D eigenvalue weighted by atomic mass is 35.5. The molecule has 1 atom stereocenters. The first-order valence-electron chi connectivity index (χ1n) is 11.0. The van der Waals surface area contributed by atoms with E-state index in [0.29, 0.717) is 12.1 Å². The smallest absolute Gasteiger partial charge is 0.319 e. The molecule has 1 unspecified atom stereocenters. The second kappa shape index (κ2) is 11.3. The number of alkyl halides is 4. The molecular formula is C26H12Cl2F8N2O2S. The second-order valence-corrected chi connectivity index (χ2v) is 9.90. The Bertz CT molecular complexity index is 1620. The third-order valence-electron chi connectivity index (χ3n) is 5.71. The normalized spacial score (nSPS) is 13.0. The monoisotopic (exact) mass is 638 g/mol. The van der Waals surface area contributed by atoms with Gasteiger partial charge in [0.15, 0.2) is 5.82 Å². The van der Waals surface area contributed by atoms with Gasteiger partial charge in [0.1, 0.15) is 23.0 Å². The molecule has 3 aromatic carbocycles. The molecule has 0 radical (unpaired) electrons. The number of amides is 2. The molecule has 1 aromatic heterocycles. The molecule has 0 aliphatic heterocycles. The molecule has 0 aliphatic rings. The first-order chi connectivity index (χ1) is 19.1. The molecule has 15 heteroatoms. The van der Waals surface area contributed by atoms with Crippen LogP contribution in [0.1, 0.15) is 31.8 Å². The van der Waals surface area contributed by atoms with Crippen molar-refractivity contribution in [3.63, 3.8) is 0 Å². The molecule has 4 nitrogen and oxygen atoms in total. The van der Waals surface area contributed by atoms with Gasteiger partial charge in [-0.05, 0) is 41.1 Å². The fourth-order valence-corrected chi connectivity index (χ4v) is 5.05. The van der Waals surface area contributed by atoms with Gasteiger partial charge in [-0.3, -0.25) is 9.59 Å².